The number of pyridine rings is 1. The Bertz CT molecular complexity index is 619. The zero-order chi connectivity index (χ0) is 15.9. The Labute approximate surface area is 129 Å². The molecule has 0 fully saturated rings. The molecule has 1 heterocycles. The predicted molar refractivity (Wildman–Crippen MR) is 82.3 cm³/mol. The Balaban J connectivity index is 2.08. The SMILES string of the molecule is COc1cc(C)nc(OC)c1NC(=O)OCc1ccccc1. The zero-order valence-corrected chi connectivity index (χ0v) is 12.8. The van der Waals surface area contributed by atoms with Gasteiger partial charge in [-0.15, -0.1) is 0 Å². The van der Waals surface area contributed by atoms with Crippen LogP contribution in [0.5, 0.6) is 11.6 Å². The normalized spacial score (nSPS) is 9.95. The highest BCUT2D eigenvalue weighted by atomic mass is 16.5. The molecule has 22 heavy (non-hydrogen) atoms. The van der Waals surface area contributed by atoms with Crippen molar-refractivity contribution in [2.45, 2.75) is 13.5 Å². The molecule has 1 amide bonds. The Morgan fingerprint density at radius 1 is 1.18 bits per heavy atom. The summed E-state index contributed by atoms with van der Waals surface area (Å²) in [5, 5.41) is 2.60. The lowest BCUT2D eigenvalue weighted by Crippen LogP contribution is -2.15. The van der Waals surface area contributed by atoms with Gasteiger partial charge in [-0.05, 0) is 12.5 Å². The van der Waals surface area contributed by atoms with E-state index in [-0.39, 0.29) is 12.5 Å². The van der Waals surface area contributed by atoms with Crippen molar-refractivity contribution in [3.63, 3.8) is 0 Å². The summed E-state index contributed by atoms with van der Waals surface area (Å²) in [6, 6.07) is 11.1. The average molecular weight is 302 g/mol. The summed E-state index contributed by atoms with van der Waals surface area (Å²) in [6.07, 6.45) is -0.605. The minimum atomic E-state index is -0.605. The Hall–Kier alpha value is -2.76. The molecule has 0 aliphatic rings. The van der Waals surface area contributed by atoms with Gasteiger partial charge in [0, 0.05) is 11.8 Å². The number of rotatable bonds is 5. The first-order valence-corrected chi connectivity index (χ1v) is 6.71. The fourth-order valence-corrected chi connectivity index (χ4v) is 1.90. The van der Waals surface area contributed by atoms with Crippen LogP contribution in [0.15, 0.2) is 36.4 Å². The molecule has 116 valence electrons. The van der Waals surface area contributed by atoms with Gasteiger partial charge in [-0.2, -0.15) is 0 Å². The summed E-state index contributed by atoms with van der Waals surface area (Å²) in [7, 11) is 2.98. The third-order valence-electron chi connectivity index (χ3n) is 2.93. The maximum Gasteiger partial charge on any atom is 0.412 e. The number of anilines is 1. The van der Waals surface area contributed by atoms with Gasteiger partial charge in [0.15, 0.2) is 0 Å². The number of hydrogen-bond donors (Lipinski definition) is 1. The predicted octanol–water partition coefficient (Wildman–Crippen LogP) is 3.16. The molecule has 0 spiro atoms. The summed E-state index contributed by atoms with van der Waals surface area (Å²) in [4.78, 5) is 16.1. The van der Waals surface area contributed by atoms with Crippen molar-refractivity contribution in [2.24, 2.45) is 0 Å². The van der Waals surface area contributed by atoms with E-state index in [1.54, 1.807) is 6.07 Å². The van der Waals surface area contributed by atoms with Gasteiger partial charge in [0.1, 0.15) is 18.0 Å². The Morgan fingerprint density at radius 3 is 2.55 bits per heavy atom. The van der Waals surface area contributed by atoms with Crippen LogP contribution in [0.3, 0.4) is 0 Å². The monoisotopic (exact) mass is 302 g/mol. The number of aryl methyl sites for hydroxylation is 1. The minimum absolute atomic E-state index is 0.177. The van der Waals surface area contributed by atoms with Gasteiger partial charge in [-0.1, -0.05) is 30.3 Å². The van der Waals surface area contributed by atoms with Crippen LogP contribution in [-0.2, 0) is 11.3 Å². The van der Waals surface area contributed by atoms with Crippen molar-refractivity contribution in [2.75, 3.05) is 19.5 Å². The average Bonchev–Trinajstić information content (AvgIpc) is 2.55. The molecule has 0 bridgehead atoms. The fourth-order valence-electron chi connectivity index (χ4n) is 1.90. The molecule has 0 saturated carbocycles. The molecule has 0 aliphatic carbocycles. The van der Waals surface area contributed by atoms with Gasteiger partial charge in [-0.25, -0.2) is 9.78 Å². The largest absolute Gasteiger partial charge is 0.494 e. The third-order valence-corrected chi connectivity index (χ3v) is 2.93. The standard InChI is InChI=1S/C16H18N2O4/c1-11-9-13(20-2)14(15(17-11)21-3)18-16(19)22-10-12-7-5-4-6-8-12/h4-9H,10H2,1-3H3,(H,18,19). The topological polar surface area (TPSA) is 69.7 Å². The van der Waals surface area contributed by atoms with E-state index in [0.29, 0.717) is 11.4 Å². The molecule has 0 aliphatic heterocycles. The molecule has 0 unspecified atom stereocenters. The van der Waals surface area contributed by atoms with Gasteiger partial charge in [-0.3, -0.25) is 5.32 Å². The Kier molecular flexibility index (Phi) is 5.19. The number of nitrogens with zero attached hydrogens (tertiary/aromatic N) is 1. The van der Waals surface area contributed by atoms with Crippen LogP contribution in [0.4, 0.5) is 10.5 Å². The highest BCUT2D eigenvalue weighted by molar-refractivity contribution is 5.88. The number of nitrogens with one attached hydrogen (secondary N) is 1. The molecule has 1 N–H and O–H groups in total. The lowest BCUT2D eigenvalue weighted by molar-refractivity contribution is 0.155. The molecule has 0 saturated heterocycles. The van der Waals surface area contributed by atoms with Crippen LogP contribution in [0.1, 0.15) is 11.3 Å². The van der Waals surface area contributed by atoms with Crippen LogP contribution >= 0.6 is 0 Å². The van der Waals surface area contributed by atoms with E-state index in [0.717, 1.165) is 11.3 Å². The second-order valence-electron chi connectivity index (χ2n) is 4.54. The first kappa shape index (κ1) is 15.6. The van der Waals surface area contributed by atoms with Crippen LogP contribution in [0.2, 0.25) is 0 Å². The van der Waals surface area contributed by atoms with Crippen LogP contribution < -0.4 is 14.8 Å². The Morgan fingerprint density at radius 2 is 1.91 bits per heavy atom. The molecule has 0 radical (unpaired) electrons. The van der Waals surface area contributed by atoms with Crippen molar-refractivity contribution in [3.8, 4) is 11.6 Å². The number of carbonyl (C=O) groups excluding carboxylic acids is 1. The highest BCUT2D eigenvalue weighted by Crippen LogP contribution is 2.33. The molecule has 1 aromatic carbocycles. The quantitative estimate of drug-likeness (QED) is 0.918. The first-order chi connectivity index (χ1) is 10.6. The highest BCUT2D eigenvalue weighted by Gasteiger charge is 2.16. The van der Waals surface area contributed by atoms with Gasteiger partial charge in [0.25, 0.3) is 0 Å². The van der Waals surface area contributed by atoms with Crippen molar-refractivity contribution >= 4 is 11.8 Å². The van der Waals surface area contributed by atoms with Crippen LogP contribution in [0.25, 0.3) is 0 Å². The molecular formula is C16H18N2O4. The van der Waals surface area contributed by atoms with Gasteiger partial charge in [0.2, 0.25) is 5.88 Å². The van der Waals surface area contributed by atoms with E-state index < -0.39 is 6.09 Å². The lowest BCUT2D eigenvalue weighted by atomic mass is 10.2. The van der Waals surface area contributed by atoms with E-state index >= 15 is 0 Å². The number of amides is 1. The summed E-state index contributed by atoms with van der Waals surface area (Å²) in [5.41, 5.74) is 1.96. The fraction of sp³-hybridized carbons (Fsp3) is 0.250. The summed E-state index contributed by atoms with van der Waals surface area (Å²) in [5.74, 6) is 0.731. The maximum absolute atomic E-state index is 11.9. The molecule has 0 atom stereocenters. The number of carbonyl (C=O) groups is 1. The van der Waals surface area contributed by atoms with Crippen molar-refractivity contribution in [1.29, 1.82) is 0 Å². The number of benzene rings is 1. The molecule has 6 heteroatoms. The second kappa shape index (κ2) is 7.31. The molecular weight excluding hydrogens is 284 g/mol. The van der Waals surface area contributed by atoms with Gasteiger partial charge < -0.3 is 14.2 Å². The van der Waals surface area contributed by atoms with Gasteiger partial charge in [0.05, 0.1) is 14.2 Å². The molecule has 2 aromatic rings. The van der Waals surface area contributed by atoms with Crippen molar-refractivity contribution in [3.05, 3.63) is 47.7 Å². The van der Waals surface area contributed by atoms with E-state index in [9.17, 15) is 4.79 Å². The lowest BCUT2D eigenvalue weighted by Gasteiger charge is -2.14. The van der Waals surface area contributed by atoms with Crippen LogP contribution in [0, 0.1) is 6.92 Å². The molecule has 6 nitrogen and oxygen atoms in total. The van der Waals surface area contributed by atoms with E-state index in [4.69, 9.17) is 14.2 Å². The van der Waals surface area contributed by atoms with E-state index in [1.165, 1.54) is 14.2 Å². The smallest absolute Gasteiger partial charge is 0.412 e. The van der Waals surface area contributed by atoms with Gasteiger partial charge >= 0.3 is 6.09 Å². The molecule has 1 aromatic heterocycles. The van der Waals surface area contributed by atoms with Crippen LogP contribution in [-0.4, -0.2) is 25.3 Å². The number of aromatic nitrogens is 1. The first-order valence-electron chi connectivity index (χ1n) is 6.71. The van der Waals surface area contributed by atoms with E-state index in [1.807, 2.05) is 37.3 Å². The second-order valence-corrected chi connectivity index (χ2v) is 4.54. The minimum Gasteiger partial charge on any atom is -0.494 e. The number of methoxy groups -OCH3 is 2. The van der Waals surface area contributed by atoms with E-state index in [2.05, 4.69) is 10.3 Å². The van der Waals surface area contributed by atoms with Crippen molar-refractivity contribution in [1.82, 2.24) is 4.98 Å². The number of ether oxygens (including phenoxy) is 3. The third kappa shape index (κ3) is 3.88. The zero-order valence-electron chi connectivity index (χ0n) is 12.8. The summed E-state index contributed by atoms with van der Waals surface area (Å²) >= 11 is 0. The maximum atomic E-state index is 11.9. The van der Waals surface area contributed by atoms with Crippen molar-refractivity contribution < 1.29 is 19.0 Å². The molecule has 2 rings (SSSR count). The number of hydrogen-bond acceptors (Lipinski definition) is 5. The summed E-state index contributed by atoms with van der Waals surface area (Å²) in [6.45, 7) is 1.99. The summed E-state index contributed by atoms with van der Waals surface area (Å²) < 4.78 is 15.6.